The summed E-state index contributed by atoms with van der Waals surface area (Å²) in [5, 5.41) is 21.7. The molecule has 0 bridgehead atoms. The van der Waals surface area contributed by atoms with E-state index in [0.29, 0.717) is 73.3 Å². The molecule has 2 heterocycles. The highest BCUT2D eigenvalue weighted by Gasteiger charge is 2.37. The molecule has 2 aromatic carbocycles. The lowest BCUT2D eigenvalue weighted by molar-refractivity contribution is -0.141. The smallest absolute Gasteiger partial charge is 0.303 e. The number of carbonyl (C=O) groups is 1. The van der Waals surface area contributed by atoms with Crippen molar-refractivity contribution in [1.82, 2.24) is 9.88 Å². The number of aliphatic hydroxyl groups is 1. The van der Waals surface area contributed by atoms with Gasteiger partial charge in [0.25, 0.3) is 0 Å². The fourth-order valence-electron chi connectivity index (χ4n) is 5.43. The Morgan fingerprint density at radius 1 is 1.20 bits per heavy atom. The molecular formula is C30H32F3N3O4. The number of carboxylic acid groups (broad SMARTS) is 1. The predicted octanol–water partition coefficient (Wildman–Crippen LogP) is 4.54. The molecule has 1 saturated heterocycles. The first-order chi connectivity index (χ1) is 19.1. The van der Waals surface area contributed by atoms with Crippen molar-refractivity contribution in [3.05, 3.63) is 70.7 Å². The van der Waals surface area contributed by atoms with Gasteiger partial charge in [-0.2, -0.15) is 0 Å². The largest absolute Gasteiger partial charge is 0.497 e. The number of hydrogen-bond donors (Lipinski definition) is 3. The van der Waals surface area contributed by atoms with Crippen LogP contribution in [0, 0.1) is 34.7 Å². The number of carboxylic acids is 1. The van der Waals surface area contributed by atoms with Crippen molar-refractivity contribution in [1.29, 1.82) is 0 Å². The number of halogens is 3. The van der Waals surface area contributed by atoms with E-state index in [-0.39, 0.29) is 19.5 Å². The molecular weight excluding hydrogens is 523 g/mol. The van der Waals surface area contributed by atoms with Crippen LogP contribution in [0.3, 0.4) is 0 Å². The Balaban J connectivity index is 1.46. The summed E-state index contributed by atoms with van der Waals surface area (Å²) in [7, 11) is 1.56. The van der Waals surface area contributed by atoms with E-state index in [1.165, 1.54) is 0 Å². The van der Waals surface area contributed by atoms with Crippen molar-refractivity contribution >= 4 is 16.9 Å². The molecule has 4 N–H and O–H groups in total. The summed E-state index contributed by atoms with van der Waals surface area (Å²) in [6.07, 6.45) is 2.65. The second-order valence-corrected chi connectivity index (χ2v) is 10.2. The highest BCUT2D eigenvalue weighted by atomic mass is 19.1. The van der Waals surface area contributed by atoms with Crippen molar-refractivity contribution in [3.8, 4) is 17.6 Å². The molecule has 0 spiro atoms. The number of pyridine rings is 1. The number of nitrogens with zero attached hydrogens (tertiary/aromatic N) is 2. The number of aliphatic hydroxyl groups excluding tert-OH is 1. The maximum atomic E-state index is 13.9. The van der Waals surface area contributed by atoms with Gasteiger partial charge in [-0.05, 0) is 73.5 Å². The quantitative estimate of drug-likeness (QED) is 0.333. The van der Waals surface area contributed by atoms with Gasteiger partial charge in [-0.15, -0.1) is 0 Å². The number of aliphatic carboxylic acids is 1. The van der Waals surface area contributed by atoms with Gasteiger partial charge in [-0.1, -0.05) is 11.8 Å². The topological polar surface area (TPSA) is 109 Å². The molecule has 0 aliphatic carbocycles. The van der Waals surface area contributed by atoms with Gasteiger partial charge in [0.05, 0.1) is 37.3 Å². The molecule has 212 valence electrons. The van der Waals surface area contributed by atoms with Gasteiger partial charge >= 0.3 is 5.97 Å². The maximum Gasteiger partial charge on any atom is 0.303 e. The van der Waals surface area contributed by atoms with E-state index in [0.717, 1.165) is 5.39 Å². The summed E-state index contributed by atoms with van der Waals surface area (Å²) in [4.78, 5) is 18.2. The minimum atomic E-state index is -1.05. The molecule has 1 fully saturated rings. The Hall–Kier alpha value is -3.65. The number of nitrogens with two attached hydrogens (primary N) is 1. The van der Waals surface area contributed by atoms with Gasteiger partial charge in [0.15, 0.2) is 0 Å². The second kappa shape index (κ2) is 12.7. The number of hydrogen-bond acceptors (Lipinski definition) is 6. The Morgan fingerprint density at radius 3 is 2.52 bits per heavy atom. The van der Waals surface area contributed by atoms with Crippen LogP contribution in [0.2, 0.25) is 0 Å². The number of benzene rings is 2. The van der Waals surface area contributed by atoms with E-state index < -0.39 is 40.5 Å². The summed E-state index contributed by atoms with van der Waals surface area (Å²) >= 11 is 0. The summed E-state index contributed by atoms with van der Waals surface area (Å²) in [6.45, 7) is 1.49. The number of fused-ring (bicyclic) bond motifs is 1. The average Bonchev–Trinajstić information content (AvgIpc) is 2.92. The molecule has 0 saturated carbocycles. The zero-order valence-corrected chi connectivity index (χ0v) is 22.2. The van der Waals surface area contributed by atoms with Gasteiger partial charge in [0, 0.05) is 30.3 Å². The summed E-state index contributed by atoms with van der Waals surface area (Å²) < 4.78 is 46.2. The minimum Gasteiger partial charge on any atom is -0.497 e. The third-order valence-corrected chi connectivity index (χ3v) is 7.67. The van der Waals surface area contributed by atoms with E-state index in [1.807, 2.05) is 17.0 Å². The SMILES string of the molecule is COc1ccc2ncc(CN)c([C@@H](O)CCC3(CC(=O)O)CCN(CC#Cc4c(F)cc(F)cc4F)CC3)c2c1. The number of ether oxygens (including phenoxy) is 1. The molecule has 0 radical (unpaired) electrons. The normalized spacial score (nSPS) is 15.8. The third-order valence-electron chi connectivity index (χ3n) is 7.67. The van der Waals surface area contributed by atoms with Crippen LogP contribution in [0.4, 0.5) is 13.2 Å². The second-order valence-electron chi connectivity index (χ2n) is 10.2. The lowest BCUT2D eigenvalue weighted by atomic mass is 9.71. The zero-order valence-electron chi connectivity index (χ0n) is 22.2. The van der Waals surface area contributed by atoms with Crippen LogP contribution in [0.25, 0.3) is 10.9 Å². The van der Waals surface area contributed by atoms with E-state index in [2.05, 4.69) is 16.8 Å². The maximum absolute atomic E-state index is 13.9. The highest BCUT2D eigenvalue weighted by Crippen LogP contribution is 2.42. The van der Waals surface area contributed by atoms with Crippen molar-refractivity contribution in [3.63, 3.8) is 0 Å². The van der Waals surface area contributed by atoms with Crippen molar-refractivity contribution < 1.29 is 32.9 Å². The highest BCUT2D eigenvalue weighted by molar-refractivity contribution is 5.85. The first-order valence-corrected chi connectivity index (χ1v) is 13.1. The molecule has 3 aromatic rings. The van der Waals surface area contributed by atoms with Crippen LogP contribution in [0.15, 0.2) is 36.5 Å². The molecule has 40 heavy (non-hydrogen) atoms. The lowest BCUT2D eigenvalue weighted by Crippen LogP contribution is -2.41. The van der Waals surface area contributed by atoms with Crippen LogP contribution in [-0.2, 0) is 11.3 Å². The Bertz CT molecular complexity index is 1420. The monoisotopic (exact) mass is 555 g/mol. The fraction of sp³-hybridized carbons (Fsp3) is 0.400. The summed E-state index contributed by atoms with van der Waals surface area (Å²) in [5.41, 5.74) is 7.03. The molecule has 10 heteroatoms. The first-order valence-electron chi connectivity index (χ1n) is 13.1. The predicted molar refractivity (Wildman–Crippen MR) is 144 cm³/mol. The van der Waals surface area contributed by atoms with Crippen LogP contribution in [-0.4, -0.2) is 52.8 Å². The Labute approximate surface area is 230 Å². The van der Waals surface area contributed by atoms with E-state index in [4.69, 9.17) is 10.5 Å². The van der Waals surface area contributed by atoms with Crippen molar-refractivity contribution in [2.24, 2.45) is 11.1 Å². The number of methoxy groups -OCH3 is 1. The Morgan fingerprint density at radius 2 is 1.90 bits per heavy atom. The molecule has 1 aromatic heterocycles. The van der Waals surface area contributed by atoms with Crippen LogP contribution < -0.4 is 10.5 Å². The molecule has 7 nitrogen and oxygen atoms in total. The van der Waals surface area contributed by atoms with E-state index in [9.17, 15) is 28.2 Å². The van der Waals surface area contributed by atoms with Crippen LogP contribution in [0.1, 0.15) is 54.9 Å². The Kier molecular flexibility index (Phi) is 9.30. The van der Waals surface area contributed by atoms with E-state index >= 15 is 0 Å². The van der Waals surface area contributed by atoms with Gasteiger partial charge < -0.3 is 20.7 Å². The zero-order chi connectivity index (χ0) is 28.9. The third kappa shape index (κ3) is 6.73. The minimum absolute atomic E-state index is 0.0418. The van der Waals surface area contributed by atoms with E-state index in [1.54, 1.807) is 19.4 Å². The number of aromatic nitrogens is 1. The molecule has 0 unspecified atom stereocenters. The summed E-state index contributed by atoms with van der Waals surface area (Å²) in [6, 6.07) is 6.60. The molecule has 4 rings (SSSR count). The van der Waals surface area contributed by atoms with Gasteiger partial charge in [0.2, 0.25) is 0 Å². The van der Waals surface area contributed by atoms with Crippen LogP contribution in [0.5, 0.6) is 5.75 Å². The molecule has 1 aliphatic rings. The number of piperidine rings is 1. The molecule has 1 atom stereocenters. The van der Waals surface area contributed by atoms with Crippen molar-refractivity contribution in [2.45, 2.75) is 44.8 Å². The first kappa shape index (κ1) is 29.3. The van der Waals surface area contributed by atoms with Gasteiger partial charge in [0.1, 0.15) is 23.2 Å². The van der Waals surface area contributed by atoms with Crippen LogP contribution >= 0.6 is 0 Å². The van der Waals surface area contributed by atoms with Crippen molar-refractivity contribution in [2.75, 3.05) is 26.7 Å². The summed E-state index contributed by atoms with van der Waals surface area (Å²) in [5.74, 6) is 1.78. The lowest BCUT2D eigenvalue weighted by Gasteiger charge is -2.41. The molecule has 0 amide bonds. The fourth-order valence-corrected chi connectivity index (χ4v) is 5.43. The number of likely N-dealkylation sites (tertiary alicyclic amines) is 1. The average molecular weight is 556 g/mol. The number of rotatable bonds is 9. The molecule has 1 aliphatic heterocycles. The standard InChI is InChI=1S/C30H32F3N3O4/c1-40-21-4-5-26-23(15-21)29(19(17-34)18-35-26)27(37)6-7-30(16-28(38)39)8-11-36(12-9-30)10-2-3-22-24(32)13-20(31)14-25(22)33/h4-5,13-15,18,27,37H,6-12,16-17,34H2,1H3,(H,38,39)/t27-/m0/s1. The van der Waals surface area contributed by atoms with Gasteiger partial charge in [-0.3, -0.25) is 14.7 Å². The van der Waals surface area contributed by atoms with Gasteiger partial charge in [-0.25, -0.2) is 13.2 Å².